The topological polar surface area (TPSA) is 59.6 Å². The molecule has 0 rings (SSSR count). The van der Waals surface area contributed by atoms with E-state index < -0.39 is 11.7 Å². The van der Waals surface area contributed by atoms with Crippen LogP contribution in [0.15, 0.2) is 11.8 Å². The third-order valence-electron chi connectivity index (χ3n) is 1.73. The van der Waals surface area contributed by atoms with Gasteiger partial charge in [0.05, 0.1) is 24.1 Å². The summed E-state index contributed by atoms with van der Waals surface area (Å²) in [4.78, 5) is 0. The number of allylic oxidation sites excluding steroid dienone is 1. The van der Waals surface area contributed by atoms with Gasteiger partial charge in [-0.05, 0) is 13.8 Å². The van der Waals surface area contributed by atoms with Crippen LogP contribution in [0.25, 0.3) is 0 Å². The molecule has 1 N–H and O–H groups in total. The molecule has 0 saturated heterocycles. The molecule has 0 aliphatic rings. The van der Waals surface area contributed by atoms with Crippen LogP contribution in [0.1, 0.15) is 20.3 Å². The Hall–Kier alpha value is -1.69. The fraction of sp³-hybridized carbons (Fsp3) is 0.556. The minimum absolute atomic E-state index is 0.0326. The van der Waals surface area contributed by atoms with Gasteiger partial charge in [-0.25, -0.2) is 0 Å². The van der Waals surface area contributed by atoms with Gasteiger partial charge >= 0.3 is 6.18 Å². The lowest BCUT2D eigenvalue weighted by molar-refractivity contribution is -0.182. The minimum atomic E-state index is -4.42. The molecule has 0 aliphatic heterocycles. The van der Waals surface area contributed by atoms with E-state index in [2.05, 4.69) is 5.32 Å². The molecular formula is C9H10F3N3. The van der Waals surface area contributed by atoms with Gasteiger partial charge < -0.3 is 5.32 Å². The third kappa shape index (κ3) is 3.90. The Morgan fingerprint density at radius 3 is 2.20 bits per heavy atom. The monoisotopic (exact) mass is 217 g/mol. The van der Waals surface area contributed by atoms with Gasteiger partial charge in [0, 0.05) is 6.20 Å². The smallest absolute Gasteiger partial charge is 0.377 e. The number of rotatable bonds is 3. The van der Waals surface area contributed by atoms with Crippen LogP contribution in [0.4, 0.5) is 13.2 Å². The van der Waals surface area contributed by atoms with Crippen LogP contribution in [0.3, 0.4) is 0 Å². The van der Waals surface area contributed by atoms with Crippen LogP contribution in [-0.4, -0.2) is 11.7 Å². The maximum atomic E-state index is 12.3. The summed E-state index contributed by atoms with van der Waals surface area (Å²) < 4.78 is 37.0. The first kappa shape index (κ1) is 13.3. The lowest BCUT2D eigenvalue weighted by Crippen LogP contribution is -2.49. The molecule has 82 valence electrons. The Morgan fingerprint density at radius 2 is 1.87 bits per heavy atom. The number of nitriles is 2. The van der Waals surface area contributed by atoms with Gasteiger partial charge in [-0.1, -0.05) is 0 Å². The average Bonchev–Trinajstić information content (AvgIpc) is 2.10. The van der Waals surface area contributed by atoms with E-state index in [4.69, 9.17) is 10.5 Å². The van der Waals surface area contributed by atoms with Gasteiger partial charge in [0.1, 0.15) is 5.54 Å². The van der Waals surface area contributed by atoms with E-state index in [-0.39, 0.29) is 12.0 Å². The van der Waals surface area contributed by atoms with Crippen LogP contribution in [0.2, 0.25) is 0 Å². The van der Waals surface area contributed by atoms with Crippen molar-refractivity contribution in [2.24, 2.45) is 0 Å². The second kappa shape index (κ2) is 4.70. The molecule has 0 fully saturated rings. The summed E-state index contributed by atoms with van der Waals surface area (Å²) in [7, 11) is 0. The molecule has 0 aromatic heterocycles. The van der Waals surface area contributed by atoms with Gasteiger partial charge in [-0.15, -0.1) is 0 Å². The third-order valence-corrected chi connectivity index (χ3v) is 1.73. The van der Waals surface area contributed by atoms with Gasteiger partial charge in [0.15, 0.2) is 0 Å². The Balaban J connectivity index is 4.64. The number of alkyl halides is 3. The molecule has 3 nitrogen and oxygen atoms in total. The summed E-state index contributed by atoms with van der Waals surface area (Å²) in [6, 6.07) is 3.32. The standard InChI is InChI=1S/C9H10F3N3/c1-8(2,9(10,11)12)15-6-7(5-14)3-4-13/h6,15H,3H2,1-2H3/b7-6+. The van der Waals surface area contributed by atoms with E-state index in [1.165, 1.54) is 0 Å². The highest BCUT2D eigenvalue weighted by Gasteiger charge is 2.46. The average molecular weight is 217 g/mol. The Labute approximate surface area is 85.8 Å². The molecule has 0 aromatic carbocycles. The van der Waals surface area contributed by atoms with Crippen molar-refractivity contribution in [3.8, 4) is 12.1 Å². The van der Waals surface area contributed by atoms with Crippen molar-refractivity contribution in [2.45, 2.75) is 32.0 Å². The van der Waals surface area contributed by atoms with Crippen molar-refractivity contribution in [3.63, 3.8) is 0 Å². The fourth-order valence-corrected chi connectivity index (χ4v) is 0.557. The van der Waals surface area contributed by atoms with E-state index in [0.717, 1.165) is 20.0 Å². The molecule has 0 aromatic rings. The Morgan fingerprint density at radius 1 is 1.33 bits per heavy atom. The van der Waals surface area contributed by atoms with Crippen LogP contribution in [-0.2, 0) is 0 Å². The number of nitrogens with zero attached hydrogens (tertiary/aromatic N) is 2. The summed E-state index contributed by atoms with van der Waals surface area (Å²) in [6.07, 6.45) is -3.70. The van der Waals surface area contributed by atoms with Crippen LogP contribution in [0, 0.1) is 22.7 Å². The Bertz CT molecular complexity index is 328. The lowest BCUT2D eigenvalue weighted by Gasteiger charge is -2.28. The molecule has 0 saturated carbocycles. The molecule has 0 bridgehead atoms. The summed E-state index contributed by atoms with van der Waals surface area (Å²) in [6.45, 7) is 1.90. The minimum Gasteiger partial charge on any atom is -0.377 e. The number of nitrogens with one attached hydrogen (secondary N) is 1. The first-order chi connectivity index (χ1) is 6.74. The van der Waals surface area contributed by atoms with Crippen molar-refractivity contribution in [1.82, 2.24) is 5.32 Å². The molecule has 0 atom stereocenters. The van der Waals surface area contributed by atoms with Crippen molar-refractivity contribution in [1.29, 1.82) is 10.5 Å². The summed E-state index contributed by atoms with van der Waals surface area (Å²) in [5.41, 5.74) is -2.15. The Kier molecular flexibility index (Phi) is 4.17. The molecule has 0 heterocycles. The fourth-order valence-electron chi connectivity index (χ4n) is 0.557. The first-order valence-corrected chi connectivity index (χ1v) is 4.05. The number of halogens is 3. The number of hydrogen-bond donors (Lipinski definition) is 1. The maximum Gasteiger partial charge on any atom is 0.410 e. The summed E-state index contributed by atoms with van der Waals surface area (Å²) >= 11 is 0. The maximum absolute atomic E-state index is 12.3. The van der Waals surface area contributed by atoms with Gasteiger partial charge in [-0.2, -0.15) is 23.7 Å². The molecule has 0 amide bonds. The van der Waals surface area contributed by atoms with Crippen molar-refractivity contribution in [3.05, 3.63) is 11.8 Å². The molecule has 6 heteroatoms. The van der Waals surface area contributed by atoms with Crippen molar-refractivity contribution in [2.75, 3.05) is 0 Å². The molecule has 0 spiro atoms. The lowest BCUT2D eigenvalue weighted by atomic mass is 10.1. The van der Waals surface area contributed by atoms with Gasteiger partial charge in [0.25, 0.3) is 0 Å². The SMILES string of the molecule is CC(C)(N/C=C(/C#N)CC#N)C(F)(F)F. The number of hydrogen-bond acceptors (Lipinski definition) is 3. The normalized spacial score (nSPS) is 12.9. The summed E-state index contributed by atoms with van der Waals surface area (Å²) in [5.74, 6) is 0. The quantitative estimate of drug-likeness (QED) is 0.737. The predicted molar refractivity (Wildman–Crippen MR) is 47.2 cm³/mol. The zero-order valence-electron chi connectivity index (χ0n) is 8.31. The predicted octanol–water partition coefficient (Wildman–Crippen LogP) is 2.24. The first-order valence-electron chi connectivity index (χ1n) is 4.05. The second-order valence-corrected chi connectivity index (χ2v) is 3.38. The van der Waals surface area contributed by atoms with Crippen LogP contribution >= 0.6 is 0 Å². The summed E-state index contributed by atoms with van der Waals surface area (Å²) in [5, 5.41) is 18.8. The molecule has 0 aliphatic carbocycles. The zero-order valence-corrected chi connectivity index (χ0v) is 8.31. The van der Waals surface area contributed by atoms with E-state index in [0.29, 0.717) is 0 Å². The van der Waals surface area contributed by atoms with Crippen LogP contribution in [0.5, 0.6) is 0 Å². The zero-order chi connectivity index (χ0) is 12.1. The highest BCUT2D eigenvalue weighted by Crippen LogP contribution is 2.29. The van der Waals surface area contributed by atoms with Crippen molar-refractivity contribution < 1.29 is 13.2 Å². The molecule has 15 heavy (non-hydrogen) atoms. The van der Waals surface area contributed by atoms with E-state index >= 15 is 0 Å². The largest absolute Gasteiger partial charge is 0.410 e. The van der Waals surface area contributed by atoms with E-state index in [1.807, 2.05) is 0 Å². The van der Waals surface area contributed by atoms with Gasteiger partial charge in [-0.3, -0.25) is 0 Å². The highest BCUT2D eigenvalue weighted by atomic mass is 19.4. The van der Waals surface area contributed by atoms with E-state index in [1.54, 1.807) is 12.1 Å². The molecular weight excluding hydrogens is 207 g/mol. The van der Waals surface area contributed by atoms with Crippen molar-refractivity contribution >= 4 is 0 Å². The van der Waals surface area contributed by atoms with Gasteiger partial charge in [0.2, 0.25) is 0 Å². The second-order valence-electron chi connectivity index (χ2n) is 3.38. The van der Waals surface area contributed by atoms with E-state index in [9.17, 15) is 13.2 Å². The molecule has 0 radical (unpaired) electrons. The van der Waals surface area contributed by atoms with Crippen LogP contribution < -0.4 is 5.32 Å². The highest BCUT2D eigenvalue weighted by molar-refractivity contribution is 5.23. The molecule has 0 unspecified atom stereocenters.